The van der Waals surface area contributed by atoms with E-state index in [4.69, 9.17) is 4.74 Å². The molecule has 0 heterocycles. The number of ether oxygens (including phenoxy) is 1. The van der Waals surface area contributed by atoms with Gasteiger partial charge in [0, 0.05) is 51.2 Å². The van der Waals surface area contributed by atoms with E-state index >= 15 is 0 Å². The fourth-order valence-corrected chi connectivity index (χ4v) is 3.09. The van der Waals surface area contributed by atoms with Crippen molar-refractivity contribution in [1.29, 1.82) is 0 Å². The average molecular weight is 401 g/mol. The predicted octanol–water partition coefficient (Wildman–Crippen LogP) is 3.53. The number of nitrogens with zero attached hydrogens (tertiary/aromatic N) is 2. The van der Waals surface area contributed by atoms with Crippen molar-refractivity contribution in [2.75, 3.05) is 44.6 Å². The average Bonchev–Trinajstić information content (AvgIpc) is 2.67. The van der Waals surface area contributed by atoms with Gasteiger partial charge in [0.2, 0.25) is 5.91 Å². The molecule has 2 aromatic carbocycles. The van der Waals surface area contributed by atoms with Gasteiger partial charge < -0.3 is 19.9 Å². The Kier molecular flexibility index (Phi) is 8.15. The quantitative estimate of drug-likeness (QED) is 0.698. The van der Waals surface area contributed by atoms with Gasteiger partial charge in [-0.2, -0.15) is 0 Å². The molecule has 0 aliphatic rings. The second kappa shape index (κ2) is 10.6. The van der Waals surface area contributed by atoms with Crippen LogP contribution >= 0.6 is 0 Å². The summed E-state index contributed by atoms with van der Waals surface area (Å²) in [4.78, 5) is 28.5. The maximum Gasteiger partial charge on any atom is 0.254 e. The summed E-state index contributed by atoms with van der Waals surface area (Å²) < 4.78 is 18.4. The second-order valence-corrected chi connectivity index (χ2v) is 6.96. The van der Waals surface area contributed by atoms with E-state index in [1.165, 1.54) is 25.3 Å². The highest BCUT2D eigenvalue weighted by Gasteiger charge is 2.18. The highest BCUT2D eigenvalue weighted by atomic mass is 19.1. The van der Waals surface area contributed by atoms with Gasteiger partial charge in [0.15, 0.2) is 0 Å². The van der Waals surface area contributed by atoms with Gasteiger partial charge in [-0.15, -0.1) is 0 Å². The van der Waals surface area contributed by atoms with Crippen LogP contribution in [0.15, 0.2) is 42.5 Å². The molecule has 0 saturated carbocycles. The lowest BCUT2D eigenvalue weighted by Crippen LogP contribution is -2.32. The second-order valence-electron chi connectivity index (χ2n) is 6.96. The number of hydrogen-bond donors (Lipinski definition) is 1. The smallest absolute Gasteiger partial charge is 0.254 e. The van der Waals surface area contributed by atoms with Gasteiger partial charge in [0.25, 0.3) is 5.91 Å². The molecule has 6 nitrogen and oxygen atoms in total. The molecule has 156 valence electrons. The van der Waals surface area contributed by atoms with Crippen molar-refractivity contribution in [3.63, 3.8) is 0 Å². The van der Waals surface area contributed by atoms with Gasteiger partial charge >= 0.3 is 0 Å². The van der Waals surface area contributed by atoms with Gasteiger partial charge in [-0.05, 0) is 48.4 Å². The first kappa shape index (κ1) is 22.4. The van der Waals surface area contributed by atoms with Gasteiger partial charge in [-0.3, -0.25) is 9.59 Å². The van der Waals surface area contributed by atoms with Crippen molar-refractivity contribution in [1.82, 2.24) is 4.90 Å². The van der Waals surface area contributed by atoms with Crippen molar-refractivity contribution >= 4 is 23.2 Å². The number of halogens is 1. The van der Waals surface area contributed by atoms with Gasteiger partial charge in [-0.25, -0.2) is 4.39 Å². The molecule has 0 fully saturated rings. The van der Waals surface area contributed by atoms with E-state index in [1.54, 1.807) is 11.0 Å². The van der Waals surface area contributed by atoms with E-state index in [1.807, 2.05) is 44.1 Å². The topological polar surface area (TPSA) is 61.9 Å². The van der Waals surface area contributed by atoms with E-state index in [0.717, 1.165) is 17.7 Å². The molecule has 29 heavy (non-hydrogen) atoms. The summed E-state index contributed by atoms with van der Waals surface area (Å²) in [6.45, 7) is 2.82. The van der Waals surface area contributed by atoms with Gasteiger partial charge in [0.05, 0.1) is 0 Å². The third kappa shape index (κ3) is 6.29. The highest BCUT2D eigenvalue weighted by Crippen LogP contribution is 2.25. The SMILES string of the molecule is CCCN(Cc1cc(NC(=O)COC)ccc1N(C)C)C(=O)c1cccc(F)c1. The van der Waals surface area contributed by atoms with E-state index in [2.05, 4.69) is 5.32 Å². The summed E-state index contributed by atoms with van der Waals surface area (Å²) in [5.41, 5.74) is 2.75. The van der Waals surface area contributed by atoms with Crippen LogP contribution in [-0.2, 0) is 16.1 Å². The van der Waals surface area contributed by atoms with Gasteiger partial charge in [-0.1, -0.05) is 13.0 Å². The van der Waals surface area contributed by atoms with Crippen LogP contribution in [0.2, 0.25) is 0 Å². The van der Waals surface area contributed by atoms with Crippen LogP contribution in [-0.4, -0.2) is 51.1 Å². The van der Waals surface area contributed by atoms with E-state index in [9.17, 15) is 14.0 Å². The van der Waals surface area contributed by atoms with Crippen molar-refractivity contribution in [2.24, 2.45) is 0 Å². The number of nitrogens with one attached hydrogen (secondary N) is 1. The van der Waals surface area contributed by atoms with Crippen molar-refractivity contribution in [2.45, 2.75) is 19.9 Å². The third-order valence-electron chi connectivity index (χ3n) is 4.33. The molecule has 1 N–H and O–H groups in total. The monoisotopic (exact) mass is 401 g/mol. The first-order chi connectivity index (χ1) is 13.8. The molecule has 7 heteroatoms. The molecular weight excluding hydrogens is 373 g/mol. The molecule has 2 aromatic rings. The number of amides is 2. The lowest BCUT2D eigenvalue weighted by atomic mass is 10.1. The highest BCUT2D eigenvalue weighted by molar-refractivity contribution is 5.94. The first-order valence-electron chi connectivity index (χ1n) is 9.49. The number of hydrogen-bond acceptors (Lipinski definition) is 4. The van der Waals surface area contributed by atoms with E-state index < -0.39 is 5.82 Å². The lowest BCUT2D eigenvalue weighted by molar-refractivity contribution is -0.119. The zero-order valence-corrected chi connectivity index (χ0v) is 17.4. The summed E-state index contributed by atoms with van der Waals surface area (Å²) in [5.74, 6) is -0.925. The number of rotatable bonds is 9. The van der Waals surface area contributed by atoms with Crippen LogP contribution in [0.4, 0.5) is 15.8 Å². The molecule has 0 bridgehead atoms. The van der Waals surface area contributed by atoms with Crippen LogP contribution < -0.4 is 10.2 Å². The molecule has 0 atom stereocenters. The number of carbonyl (C=O) groups is 2. The maximum atomic E-state index is 13.6. The Bertz CT molecular complexity index is 855. The van der Waals surface area contributed by atoms with E-state index in [0.29, 0.717) is 24.3 Å². The summed E-state index contributed by atoms with van der Waals surface area (Å²) in [7, 11) is 5.29. The molecule has 0 aliphatic carbocycles. The number of anilines is 2. The zero-order valence-electron chi connectivity index (χ0n) is 17.4. The fourth-order valence-electron chi connectivity index (χ4n) is 3.09. The minimum atomic E-state index is -0.441. The number of benzene rings is 2. The van der Waals surface area contributed by atoms with Crippen LogP contribution in [0, 0.1) is 5.82 Å². The molecule has 0 aromatic heterocycles. The number of carbonyl (C=O) groups excluding carboxylic acids is 2. The minimum Gasteiger partial charge on any atom is -0.377 e. The van der Waals surface area contributed by atoms with Crippen molar-refractivity contribution in [3.05, 3.63) is 59.4 Å². The van der Waals surface area contributed by atoms with Crippen molar-refractivity contribution < 1.29 is 18.7 Å². The summed E-state index contributed by atoms with van der Waals surface area (Å²) in [6.07, 6.45) is 0.766. The van der Waals surface area contributed by atoms with Crippen LogP contribution in [0.1, 0.15) is 29.3 Å². The molecule has 0 aliphatic heterocycles. The van der Waals surface area contributed by atoms with Crippen LogP contribution in [0.5, 0.6) is 0 Å². The summed E-state index contributed by atoms with van der Waals surface area (Å²) in [6, 6.07) is 11.3. The Hall–Kier alpha value is -2.93. The zero-order chi connectivity index (χ0) is 21.4. The molecule has 0 spiro atoms. The predicted molar refractivity (Wildman–Crippen MR) is 113 cm³/mol. The normalized spacial score (nSPS) is 10.5. The molecule has 2 amide bonds. The molecule has 0 unspecified atom stereocenters. The Balaban J connectivity index is 2.33. The standard InChI is InChI=1S/C22H28FN3O3/c1-5-11-26(22(28)16-7-6-8-18(23)12-16)14-17-13-19(24-21(27)15-29-4)9-10-20(17)25(2)3/h6-10,12-13H,5,11,14-15H2,1-4H3,(H,24,27). The summed E-state index contributed by atoms with van der Waals surface area (Å²) >= 11 is 0. The summed E-state index contributed by atoms with van der Waals surface area (Å²) in [5, 5.41) is 2.79. The Morgan fingerprint density at radius 3 is 2.52 bits per heavy atom. The lowest BCUT2D eigenvalue weighted by Gasteiger charge is -2.26. The Morgan fingerprint density at radius 2 is 1.90 bits per heavy atom. The Labute approximate surface area is 171 Å². The number of methoxy groups -OCH3 is 1. The fraction of sp³-hybridized carbons (Fsp3) is 0.364. The largest absolute Gasteiger partial charge is 0.377 e. The van der Waals surface area contributed by atoms with E-state index in [-0.39, 0.29) is 18.4 Å². The molecule has 2 rings (SSSR count). The van der Waals surface area contributed by atoms with Crippen molar-refractivity contribution in [3.8, 4) is 0 Å². The molecular formula is C22H28FN3O3. The third-order valence-corrected chi connectivity index (χ3v) is 4.33. The maximum absolute atomic E-state index is 13.6. The minimum absolute atomic E-state index is 0.0369. The van der Waals surface area contributed by atoms with Crippen LogP contribution in [0.3, 0.4) is 0 Å². The Morgan fingerprint density at radius 1 is 1.14 bits per heavy atom. The van der Waals surface area contributed by atoms with Crippen LogP contribution in [0.25, 0.3) is 0 Å². The molecule has 0 radical (unpaired) electrons. The molecule has 0 saturated heterocycles. The van der Waals surface area contributed by atoms with Gasteiger partial charge in [0.1, 0.15) is 12.4 Å². The first-order valence-corrected chi connectivity index (χ1v) is 9.49.